The molecule has 1 atom stereocenters. The van der Waals surface area contributed by atoms with Gasteiger partial charge in [0.2, 0.25) is 5.13 Å². The zero-order valence-electron chi connectivity index (χ0n) is 10.7. The zero-order valence-corrected chi connectivity index (χ0v) is 11.6. The summed E-state index contributed by atoms with van der Waals surface area (Å²) in [6.45, 7) is 6.61. The molecule has 1 saturated carbocycles. The normalized spacial score (nSPS) is 23.3. The highest BCUT2D eigenvalue weighted by molar-refractivity contribution is 7.15. The van der Waals surface area contributed by atoms with Crippen LogP contribution in [0.2, 0.25) is 0 Å². The van der Waals surface area contributed by atoms with Gasteiger partial charge in [0.1, 0.15) is 5.01 Å². The zero-order chi connectivity index (χ0) is 12.5. The molecule has 2 heterocycles. The summed E-state index contributed by atoms with van der Waals surface area (Å²) in [5, 5.41) is 20.3. The van der Waals surface area contributed by atoms with Crippen LogP contribution in [0.3, 0.4) is 0 Å². The van der Waals surface area contributed by atoms with Gasteiger partial charge in [0.15, 0.2) is 0 Å². The third-order valence-corrected chi connectivity index (χ3v) is 4.67. The minimum Gasteiger partial charge on any atom is -0.392 e. The SMILES string of the molecule is C[C@@H](O)CN1CCN(c2nnc(C3CC3)s2)CC1. The largest absolute Gasteiger partial charge is 0.392 e. The van der Waals surface area contributed by atoms with Gasteiger partial charge in [-0.15, -0.1) is 10.2 Å². The maximum Gasteiger partial charge on any atom is 0.208 e. The molecule has 0 spiro atoms. The Morgan fingerprint density at radius 2 is 2.00 bits per heavy atom. The van der Waals surface area contributed by atoms with Crippen molar-refractivity contribution in [1.82, 2.24) is 15.1 Å². The first-order chi connectivity index (χ1) is 8.72. The van der Waals surface area contributed by atoms with Crippen molar-refractivity contribution in [3.63, 3.8) is 0 Å². The number of aliphatic hydroxyl groups excluding tert-OH is 1. The second-order valence-electron chi connectivity index (χ2n) is 5.33. The second kappa shape index (κ2) is 5.11. The van der Waals surface area contributed by atoms with E-state index < -0.39 is 0 Å². The first-order valence-corrected chi connectivity index (χ1v) is 7.53. The Morgan fingerprint density at radius 3 is 2.61 bits per heavy atom. The van der Waals surface area contributed by atoms with Gasteiger partial charge in [0.25, 0.3) is 0 Å². The topological polar surface area (TPSA) is 52.5 Å². The van der Waals surface area contributed by atoms with Gasteiger partial charge in [0.05, 0.1) is 6.10 Å². The Morgan fingerprint density at radius 1 is 1.28 bits per heavy atom. The molecule has 3 rings (SSSR count). The van der Waals surface area contributed by atoms with Crippen molar-refractivity contribution in [2.75, 3.05) is 37.6 Å². The quantitative estimate of drug-likeness (QED) is 0.880. The summed E-state index contributed by atoms with van der Waals surface area (Å²) in [4.78, 5) is 4.63. The van der Waals surface area contributed by atoms with E-state index >= 15 is 0 Å². The molecule has 100 valence electrons. The average molecular weight is 268 g/mol. The maximum atomic E-state index is 9.38. The lowest BCUT2D eigenvalue weighted by Crippen LogP contribution is -2.48. The van der Waals surface area contributed by atoms with Gasteiger partial charge in [-0.05, 0) is 19.8 Å². The fraction of sp³-hybridized carbons (Fsp3) is 0.833. The lowest BCUT2D eigenvalue weighted by molar-refractivity contribution is 0.122. The van der Waals surface area contributed by atoms with Crippen molar-refractivity contribution >= 4 is 16.5 Å². The molecule has 1 aromatic heterocycles. The summed E-state index contributed by atoms with van der Waals surface area (Å²) in [7, 11) is 0. The van der Waals surface area contributed by atoms with E-state index in [0.29, 0.717) is 5.92 Å². The molecular weight excluding hydrogens is 248 g/mol. The van der Waals surface area contributed by atoms with Crippen molar-refractivity contribution in [3.05, 3.63) is 5.01 Å². The summed E-state index contributed by atoms with van der Waals surface area (Å²) >= 11 is 1.76. The number of nitrogens with zero attached hydrogens (tertiary/aromatic N) is 4. The van der Waals surface area contributed by atoms with Crippen LogP contribution in [0.15, 0.2) is 0 Å². The van der Waals surface area contributed by atoms with Crippen LogP contribution in [0, 0.1) is 0 Å². The van der Waals surface area contributed by atoms with E-state index in [1.807, 2.05) is 6.92 Å². The van der Waals surface area contributed by atoms with Crippen LogP contribution in [0.5, 0.6) is 0 Å². The maximum absolute atomic E-state index is 9.38. The Labute approximate surface area is 111 Å². The van der Waals surface area contributed by atoms with Gasteiger partial charge in [-0.3, -0.25) is 4.90 Å². The minimum absolute atomic E-state index is 0.237. The second-order valence-corrected chi connectivity index (χ2v) is 6.32. The van der Waals surface area contributed by atoms with Crippen LogP contribution >= 0.6 is 11.3 Å². The highest BCUT2D eigenvalue weighted by Gasteiger charge is 2.29. The molecule has 0 bridgehead atoms. The molecule has 1 aromatic rings. The van der Waals surface area contributed by atoms with E-state index in [2.05, 4.69) is 20.0 Å². The lowest BCUT2D eigenvalue weighted by Gasteiger charge is -2.34. The van der Waals surface area contributed by atoms with E-state index in [1.165, 1.54) is 17.8 Å². The van der Waals surface area contributed by atoms with Crippen LogP contribution in [0.1, 0.15) is 30.7 Å². The molecule has 1 N–H and O–H groups in total. The number of aliphatic hydroxyl groups is 1. The molecule has 2 fully saturated rings. The number of hydrogen-bond donors (Lipinski definition) is 1. The van der Waals surface area contributed by atoms with Crippen LogP contribution in [0.4, 0.5) is 5.13 Å². The van der Waals surface area contributed by atoms with Crippen molar-refractivity contribution in [2.45, 2.75) is 31.8 Å². The van der Waals surface area contributed by atoms with Gasteiger partial charge < -0.3 is 10.0 Å². The van der Waals surface area contributed by atoms with Crippen LogP contribution in [-0.4, -0.2) is 59.0 Å². The summed E-state index contributed by atoms with van der Waals surface area (Å²) in [6, 6.07) is 0. The predicted molar refractivity (Wildman–Crippen MR) is 72.2 cm³/mol. The third-order valence-electron chi connectivity index (χ3n) is 3.52. The van der Waals surface area contributed by atoms with Crippen molar-refractivity contribution in [3.8, 4) is 0 Å². The molecule has 1 aliphatic carbocycles. The fourth-order valence-corrected chi connectivity index (χ4v) is 3.41. The minimum atomic E-state index is -0.237. The molecule has 0 aromatic carbocycles. The van der Waals surface area contributed by atoms with E-state index in [1.54, 1.807) is 11.3 Å². The van der Waals surface area contributed by atoms with Gasteiger partial charge in [-0.2, -0.15) is 0 Å². The highest BCUT2D eigenvalue weighted by Crippen LogP contribution is 2.42. The van der Waals surface area contributed by atoms with E-state index in [9.17, 15) is 5.11 Å². The molecule has 0 unspecified atom stereocenters. The number of hydrogen-bond acceptors (Lipinski definition) is 6. The first kappa shape index (κ1) is 12.3. The Hall–Kier alpha value is -0.720. The third kappa shape index (κ3) is 2.81. The van der Waals surface area contributed by atoms with Crippen molar-refractivity contribution in [2.24, 2.45) is 0 Å². The fourth-order valence-electron chi connectivity index (χ4n) is 2.34. The predicted octanol–water partition coefficient (Wildman–Crippen LogP) is 0.918. The monoisotopic (exact) mass is 268 g/mol. The average Bonchev–Trinajstić information content (AvgIpc) is 3.08. The Bertz CT molecular complexity index is 397. The first-order valence-electron chi connectivity index (χ1n) is 6.71. The van der Waals surface area contributed by atoms with Crippen LogP contribution < -0.4 is 4.90 Å². The summed E-state index contributed by atoms with van der Waals surface area (Å²) in [5.41, 5.74) is 0. The molecule has 5 nitrogen and oxygen atoms in total. The van der Waals surface area contributed by atoms with E-state index in [4.69, 9.17) is 0 Å². The number of β-amino-alcohol motifs (C(OH)–C–C–N with tert-alkyl or cyclic N) is 1. The van der Waals surface area contributed by atoms with E-state index in [0.717, 1.165) is 37.9 Å². The Balaban J connectivity index is 1.54. The summed E-state index contributed by atoms with van der Waals surface area (Å²) in [5.74, 6) is 0.702. The summed E-state index contributed by atoms with van der Waals surface area (Å²) in [6.07, 6.45) is 2.34. The molecule has 0 radical (unpaired) electrons. The van der Waals surface area contributed by atoms with Crippen molar-refractivity contribution in [1.29, 1.82) is 0 Å². The van der Waals surface area contributed by atoms with E-state index in [-0.39, 0.29) is 6.10 Å². The molecule has 2 aliphatic rings. The van der Waals surface area contributed by atoms with Crippen LogP contribution in [0.25, 0.3) is 0 Å². The van der Waals surface area contributed by atoms with Crippen LogP contribution in [-0.2, 0) is 0 Å². The molecule has 6 heteroatoms. The van der Waals surface area contributed by atoms with Gasteiger partial charge in [0, 0.05) is 38.6 Å². The molecule has 1 saturated heterocycles. The number of piperazine rings is 1. The molecular formula is C12H20N4OS. The highest BCUT2D eigenvalue weighted by atomic mass is 32.1. The lowest BCUT2D eigenvalue weighted by atomic mass is 10.3. The van der Waals surface area contributed by atoms with Gasteiger partial charge >= 0.3 is 0 Å². The summed E-state index contributed by atoms with van der Waals surface area (Å²) < 4.78 is 0. The number of anilines is 1. The molecule has 1 aliphatic heterocycles. The standard InChI is InChI=1S/C12H20N4OS/c1-9(17)8-15-4-6-16(7-5-15)12-14-13-11(18-12)10-2-3-10/h9-10,17H,2-8H2,1H3/t9-/m1/s1. The van der Waals surface area contributed by atoms with Crippen molar-refractivity contribution < 1.29 is 5.11 Å². The smallest absolute Gasteiger partial charge is 0.208 e. The number of rotatable bonds is 4. The Kier molecular flexibility index (Phi) is 3.50. The molecule has 18 heavy (non-hydrogen) atoms. The number of aromatic nitrogens is 2. The van der Waals surface area contributed by atoms with Gasteiger partial charge in [-0.25, -0.2) is 0 Å². The molecule has 0 amide bonds. The van der Waals surface area contributed by atoms with Gasteiger partial charge in [-0.1, -0.05) is 11.3 Å².